The maximum absolute atomic E-state index is 5.42. The van der Waals surface area contributed by atoms with Crippen LogP contribution in [-0.4, -0.2) is 0 Å². The number of benzene rings is 2. The Morgan fingerprint density at radius 2 is 1.78 bits per heavy atom. The third-order valence-electron chi connectivity index (χ3n) is 3.13. The number of nitrogens with one attached hydrogen (secondary N) is 1. The molecule has 0 saturated heterocycles. The van der Waals surface area contributed by atoms with Gasteiger partial charge in [-0.3, -0.25) is 0 Å². The number of anilines is 1. The van der Waals surface area contributed by atoms with Crippen molar-refractivity contribution < 1.29 is 4.42 Å². The van der Waals surface area contributed by atoms with Crippen molar-refractivity contribution in [1.29, 1.82) is 0 Å². The van der Waals surface area contributed by atoms with Gasteiger partial charge in [0.1, 0.15) is 5.76 Å². The van der Waals surface area contributed by atoms with Crippen molar-refractivity contribution in [1.82, 2.24) is 0 Å². The van der Waals surface area contributed by atoms with Gasteiger partial charge in [-0.25, -0.2) is 0 Å². The first-order valence-corrected chi connectivity index (χ1v) is 6.12. The molecule has 1 N–H and O–H groups in total. The Morgan fingerprint density at radius 3 is 2.61 bits per heavy atom. The van der Waals surface area contributed by atoms with Gasteiger partial charge in [0, 0.05) is 11.1 Å². The summed E-state index contributed by atoms with van der Waals surface area (Å²) in [6.07, 6.45) is 1.70. The van der Waals surface area contributed by atoms with Crippen LogP contribution in [0.5, 0.6) is 0 Å². The molecule has 18 heavy (non-hydrogen) atoms. The van der Waals surface area contributed by atoms with Gasteiger partial charge in [0.05, 0.1) is 12.3 Å². The maximum atomic E-state index is 5.42. The molecule has 3 rings (SSSR count). The zero-order valence-electron chi connectivity index (χ0n) is 10.3. The van der Waals surface area contributed by atoms with Crippen LogP contribution in [0.25, 0.3) is 10.8 Å². The van der Waals surface area contributed by atoms with E-state index in [0.717, 1.165) is 11.4 Å². The second-order valence-electron chi connectivity index (χ2n) is 4.41. The van der Waals surface area contributed by atoms with E-state index in [0.29, 0.717) is 0 Å². The van der Waals surface area contributed by atoms with E-state index in [2.05, 4.69) is 54.7 Å². The SMILES string of the molecule is CC(Nc1cccc2ccccc12)c1ccco1. The fraction of sp³-hybridized carbons (Fsp3) is 0.125. The highest BCUT2D eigenvalue weighted by atomic mass is 16.3. The van der Waals surface area contributed by atoms with Crippen molar-refractivity contribution in [3.63, 3.8) is 0 Å². The van der Waals surface area contributed by atoms with E-state index in [9.17, 15) is 0 Å². The minimum atomic E-state index is 0.158. The van der Waals surface area contributed by atoms with Gasteiger partial charge in [0.2, 0.25) is 0 Å². The molecular formula is C16H15NO. The monoisotopic (exact) mass is 237 g/mol. The quantitative estimate of drug-likeness (QED) is 0.719. The van der Waals surface area contributed by atoms with E-state index < -0.39 is 0 Å². The summed E-state index contributed by atoms with van der Waals surface area (Å²) in [6, 6.07) is 18.7. The lowest BCUT2D eigenvalue weighted by atomic mass is 10.1. The Kier molecular flexibility index (Phi) is 2.77. The van der Waals surface area contributed by atoms with Crippen molar-refractivity contribution in [3.05, 3.63) is 66.6 Å². The molecule has 1 aromatic heterocycles. The van der Waals surface area contributed by atoms with E-state index in [1.54, 1.807) is 6.26 Å². The Hall–Kier alpha value is -2.22. The number of hydrogen-bond acceptors (Lipinski definition) is 2. The highest BCUT2D eigenvalue weighted by molar-refractivity contribution is 5.93. The molecule has 0 saturated carbocycles. The summed E-state index contributed by atoms with van der Waals surface area (Å²) in [7, 11) is 0. The predicted octanol–water partition coefficient (Wildman–Crippen LogP) is 4.61. The lowest BCUT2D eigenvalue weighted by Gasteiger charge is -2.14. The van der Waals surface area contributed by atoms with Crippen molar-refractivity contribution >= 4 is 16.5 Å². The highest BCUT2D eigenvalue weighted by Crippen LogP contribution is 2.26. The average molecular weight is 237 g/mol. The smallest absolute Gasteiger partial charge is 0.125 e. The van der Waals surface area contributed by atoms with Gasteiger partial charge in [-0.15, -0.1) is 0 Å². The summed E-state index contributed by atoms with van der Waals surface area (Å²) >= 11 is 0. The van der Waals surface area contributed by atoms with E-state index in [-0.39, 0.29) is 6.04 Å². The molecule has 0 aliphatic carbocycles. The van der Waals surface area contributed by atoms with E-state index >= 15 is 0 Å². The lowest BCUT2D eigenvalue weighted by Crippen LogP contribution is -2.05. The highest BCUT2D eigenvalue weighted by Gasteiger charge is 2.09. The van der Waals surface area contributed by atoms with E-state index in [1.807, 2.05) is 12.1 Å². The summed E-state index contributed by atoms with van der Waals surface area (Å²) in [4.78, 5) is 0. The fourth-order valence-corrected chi connectivity index (χ4v) is 2.19. The zero-order chi connectivity index (χ0) is 12.4. The number of hydrogen-bond donors (Lipinski definition) is 1. The van der Waals surface area contributed by atoms with Gasteiger partial charge in [0.15, 0.2) is 0 Å². The second-order valence-corrected chi connectivity index (χ2v) is 4.41. The van der Waals surface area contributed by atoms with E-state index in [1.165, 1.54) is 10.8 Å². The van der Waals surface area contributed by atoms with Crippen molar-refractivity contribution in [2.45, 2.75) is 13.0 Å². The zero-order valence-corrected chi connectivity index (χ0v) is 10.3. The van der Waals surface area contributed by atoms with Crippen molar-refractivity contribution in [2.75, 3.05) is 5.32 Å². The van der Waals surface area contributed by atoms with Gasteiger partial charge >= 0.3 is 0 Å². The van der Waals surface area contributed by atoms with Crippen LogP contribution in [0.3, 0.4) is 0 Å². The molecule has 1 heterocycles. The summed E-state index contributed by atoms with van der Waals surface area (Å²) < 4.78 is 5.42. The molecule has 2 aromatic carbocycles. The Morgan fingerprint density at radius 1 is 0.944 bits per heavy atom. The molecule has 0 amide bonds. The largest absolute Gasteiger partial charge is 0.467 e. The Labute approximate surface area is 106 Å². The summed E-state index contributed by atoms with van der Waals surface area (Å²) in [6.45, 7) is 2.10. The van der Waals surface area contributed by atoms with Crippen LogP contribution in [0.1, 0.15) is 18.7 Å². The van der Waals surface area contributed by atoms with Crippen LogP contribution >= 0.6 is 0 Å². The molecule has 0 aliphatic heterocycles. The standard InChI is InChI=1S/C16H15NO/c1-12(16-10-5-11-18-16)17-15-9-4-7-13-6-2-3-8-14(13)15/h2-12,17H,1H3. The molecule has 0 spiro atoms. The number of rotatable bonds is 3. The normalized spacial score (nSPS) is 12.5. The molecular weight excluding hydrogens is 222 g/mol. The maximum Gasteiger partial charge on any atom is 0.125 e. The van der Waals surface area contributed by atoms with Crippen molar-refractivity contribution in [3.8, 4) is 0 Å². The molecule has 1 atom stereocenters. The summed E-state index contributed by atoms with van der Waals surface area (Å²) in [5.41, 5.74) is 1.14. The van der Waals surface area contributed by atoms with Crippen LogP contribution in [0.15, 0.2) is 65.3 Å². The van der Waals surface area contributed by atoms with Gasteiger partial charge in [0.25, 0.3) is 0 Å². The predicted molar refractivity (Wildman–Crippen MR) is 74.7 cm³/mol. The minimum absolute atomic E-state index is 0.158. The fourth-order valence-electron chi connectivity index (χ4n) is 2.19. The molecule has 0 bridgehead atoms. The van der Waals surface area contributed by atoms with Crippen LogP contribution in [-0.2, 0) is 0 Å². The van der Waals surface area contributed by atoms with Crippen LogP contribution < -0.4 is 5.32 Å². The molecule has 0 fully saturated rings. The third-order valence-corrected chi connectivity index (χ3v) is 3.13. The van der Waals surface area contributed by atoms with Gasteiger partial charge < -0.3 is 9.73 Å². The molecule has 0 aliphatic rings. The first kappa shape index (κ1) is 10.9. The van der Waals surface area contributed by atoms with Gasteiger partial charge in [-0.1, -0.05) is 36.4 Å². The Bertz CT molecular complexity index is 638. The lowest BCUT2D eigenvalue weighted by molar-refractivity contribution is 0.491. The topological polar surface area (TPSA) is 25.2 Å². The number of furan rings is 1. The average Bonchev–Trinajstić information content (AvgIpc) is 2.93. The minimum Gasteiger partial charge on any atom is -0.467 e. The van der Waals surface area contributed by atoms with Crippen LogP contribution in [0, 0.1) is 0 Å². The van der Waals surface area contributed by atoms with Crippen LogP contribution in [0.2, 0.25) is 0 Å². The van der Waals surface area contributed by atoms with Crippen molar-refractivity contribution in [2.24, 2.45) is 0 Å². The molecule has 90 valence electrons. The summed E-state index contributed by atoms with van der Waals surface area (Å²) in [5.74, 6) is 0.947. The first-order valence-electron chi connectivity index (χ1n) is 6.12. The van der Waals surface area contributed by atoms with E-state index in [4.69, 9.17) is 4.42 Å². The summed E-state index contributed by atoms with van der Waals surface area (Å²) in [5, 5.41) is 5.97. The molecule has 1 unspecified atom stereocenters. The Balaban J connectivity index is 1.95. The van der Waals surface area contributed by atoms with Crippen LogP contribution in [0.4, 0.5) is 5.69 Å². The second kappa shape index (κ2) is 4.57. The molecule has 3 aromatic rings. The molecule has 2 heteroatoms. The third kappa shape index (κ3) is 1.97. The molecule has 0 radical (unpaired) electrons. The van der Waals surface area contributed by atoms with Gasteiger partial charge in [-0.2, -0.15) is 0 Å². The number of fused-ring (bicyclic) bond motifs is 1. The van der Waals surface area contributed by atoms with Gasteiger partial charge in [-0.05, 0) is 30.5 Å². The molecule has 2 nitrogen and oxygen atoms in total. The first-order chi connectivity index (χ1) is 8.84.